The van der Waals surface area contributed by atoms with Gasteiger partial charge in [-0.3, -0.25) is 9.78 Å². The van der Waals surface area contributed by atoms with E-state index in [9.17, 15) is 13.2 Å². The smallest absolute Gasteiger partial charge is 0.256 e. The molecule has 2 aromatic heterocycles. The number of pyridine rings is 2. The molecule has 0 atom stereocenters. The van der Waals surface area contributed by atoms with Crippen LogP contribution in [0.1, 0.15) is 24.2 Å². The van der Waals surface area contributed by atoms with E-state index in [1.807, 2.05) is 30.3 Å². The van der Waals surface area contributed by atoms with Crippen LogP contribution in [0.2, 0.25) is 5.02 Å². The Morgan fingerprint density at radius 2 is 1.79 bits per heavy atom. The summed E-state index contributed by atoms with van der Waals surface area (Å²) in [6.45, 7) is 4.14. The van der Waals surface area contributed by atoms with E-state index in [-0.39, 0.29) is 9.92 Å². The van der Waals surface area contributed by atoms with Gasteiger partial charge in [0.1, 0.15) is 4.90 Å². The third kappa shape index (κ3) is 4.65. The van der Waals surface area contributed by atoms with E-state index in [4.69, 9.17) is 11.6 Å². The Morgan fingerprint density at radius 3 is 2.50 bits per heavy atom. The highest BCUT2D eigenvalue weighted by molar-refractivity contribution is 7.89. The average Bonchev–Trinajstić information content (AvgIpc) is 2.85. The lowest BCUT2D eigenvalue weighted by Gasteiger charge is -2.20. The predicted molar refractivity (Wildman–Crippen MR) is 134 cm³/mol. The van der Waals surface area contributed by atoms with Crippen LogP contribution in [0.4, 0.5) is 5.69 Å². The third-order valence-corrected chi connectivity index (χ3v) is 7.96. The molecule has 2 heterocycles. The van der Waals surface area contributed by atoms with Crippen LogP contribution in [0, 0.1) is 0 Å². The molecule has 174 valence electrons. The van der Waals surface area contributed by atoms with Crippen molar-refractivity contribution in [1.82, 2.24) is 14.3 Å². The van der Waals surface area contributed by atoms with E-state index < -0.39 is 15.9 Å². The molecule has 2 aromatic carbocycles. The van der Waals surface area contributed by atoms with Crippen molar-refractivity contribution < 1.29 is 13.2 Å². The maximum atomic E-state index is 13.4. The van der Waals surface area contributed by atoms with Crippen molar-refractivity contribution in [3.05, 3.63) is 83.6 Å². The largest absolute Gasteiger partial charge is 0.322 e. The average molecular weight is 495 g/mol. The van der Waals surface area contributed by atoms with E-state index in [1.165, 1.54) is 16.4 Å². The van der Waals surface area contributed by atoms with Gasteiger partial charge in [-0.05, 0) is 42.5 Å². The van der Waals surface area contributed by atoms with Crippen LogP contribution in [0.3, 0.4) is 0 Å². The number of hydrogen-bond donors (Lipinski definition) is 1. The zero-order valence-corrected chi connectivity index (χ0v) is 20.3. The number of nitrogens with zero attached hydrogens (tertiary/aromatic N) is 3. The minimum absolute atomic E-state index is 0.0497. The highest BCUT2D eigenvalue weighted by Gasteiger charge is 2.25. The first-order chi connectivity index (χ1) is 16.3. The standard InChI is InChI=1S/C25H23ClN4O3S/c1-3-30(4-2)34(32,33)24-14-18(11-12-21(24)26)28-25(31)20-15-23(17-8-7-13-27-16-17)29-22-10-6-5-9-19(20)22/h5-16H,3-4H2,1-2H3,(H,28,31). The second-order valence-corrected chi connectivity index (χ2v) is 9.82. The molecule has 34 heavy (non-hydrogen) atoms. The molecule has 0 aliphatic rings. The van der Waals surface area contributed by atoms with Crippen molar-refractivity contribution in [3.8, 4) is 11.3 Å². The van der Waals surface area contributed by atoms with Crippen LogP contribution in [0.5, 0.6) is 0 Å². The second-order valence-electron chi connectivity index (χ2n) is 7.50. The number of benzene rings is 2. The van der Waals surface area contributed by atoms with Crippen LogP contribution < -0.4 is 5.32 Å². The Morgan fingerprint density at radius 1 is 1.03 bits per heavy atom. The van der Waals surface area contributed by atoms with Crippen LogP contribution >= 0.6 is 11.6 Å². The lowest BCUT2D eigenvalue weighted by molar-refractivity contribution is 0.102. The number of carbonyl (C=O) groups is 1. The van der Waals surface area contributed by atoms with Gasteiger partial charge in [-0.15, -0.1) is 0 Å². The van der Waals surface area contributed by atoms with E-state index in [0.717, 1.165) is 5.56 Å². The van der Waals surface area contributed by atoms with Gasteiger partial charge in [0.15, 0.2) is 0 Å². The maximum Gasteiger partial charge on any atom is 0.256 e. The summed E-state index contributed by atoms with van der Waals surface area (Å²) < 4.78 is 27.3. The molecular formula is C25H23ClN4O3S. The SMILES string of the molecule is CCN(CC)S(=O)(=O)c1cc(NC(=O)c2cc(-c3cccnc3)nc3ccccc23)ccc1Cl. The van der Waals surface area contributed by atoms with Gasteiger partial charge >= 0.3 is 0 Å². The molecule has 0 saturated carbocycles. The lowest BCUT2D eigenvalue weighted by Crippen LogP contribution is -2.30. The maximum absolute atomic E-state index is 13.4. The summed E-state index contributed by atoms with van der Waals surface area (Å²) in [5.41, 5.74) is 2.78. The molecule has 0 bridgehead atoms. The molecule has 0 saturated heterocycles. The molecule has 0 radical (unpaired) electrons. The minimum Gasteiger partial charge on any atom is -0.322 e. The molecule has 0 aliphatic heterocycles. The number of nitrogens with one attached hydrogen (secondary N) is 1. The Balaban J connectivity index is 1.75. The fourth-order valence-electron chi connectivity index (χ4n) is 3.71. The Hall–Kier alpha value is -3.33. The number of rotatable bonds is 7. The van der Waals surface area contributed by atoms with Gasteiger partial charge in [-0.2, -0.15) is 4.31 Å². The number of anilines is 1. The molecule has 1 N–H and O–H groups in total. The van der Waals surface area contributed by atoms with Gasteiger partial charge in [0.2, 0.25) is 10.0 Å². The van der Waals surface area contributed by atoms with Crippen molar-refractivity contribution in [3.63, 3.8) is 0 Å². The number of halogens is 1. The molecule has 9 heteroatoms. The molecule has 0 aliphatic carbocycles. The topological polar surface area (TPSA) is 92.3 Å². The minimum atomic E-state index is -3.80. The monoisotopic (exact) mass is 494 g/mol. The quantitative estimate of drug-likeness (QED) is 0.379. The van der Waals surface area contributed by atoms with Gasteiger partial charge in [0.05, 0.1) is 21.8 Å². The summed E-state index contributed by atoms with van der Waals surface area (Å²) in [6.07, 6.45) is 3.35. The summed E-state index contributed by atoms with van der Waals surface area (Å²) in [4.78, 5) is 22.1. The number of hydrogen-bond acceptors (Lipinski definition) is 5. The van der Waals surface area contributed by atoms with Gasteiger partial charge in [0, 0.05) is 42.1 Å². The number of carbonyl (C=O) groups excluding carboxylic acids is 1. The molecular weight excluding hydrogens is 472 g/mol. The van der Waals surface area contributed by atoms with Crippen molar-refractivity contribution in [2.24, 2.45) is 0 Å². The number of fused-ring (bicyclic) bond motifs is 1. The Kier molecular flexibility index (Phi) is 6.92. The Labute approximate surface area is 203 Å². The summed E-state index contributed by atoms with van der Waals surface area (Å²) in [7, 11) is -3.80. The normalized spacial score (nSPS) is 11.6. The van der Waals surface area contributed by atoms with Crippen molar-refractivity contribution in [1.29, 1.82) is 0 Å². The number of aromatic nitrogens is 2. The number of para-hydroxylation sites is 1. The van der Waals surface area contributed by atoms with Crippen molar-refractivity contribution in [2.75, 3.05) is 18.4 Å². The van der Waals surface area contributed by atoms with E-state index in [1.54, 1.807) is 44.4 Å². The predicted octanol–water partition coefficient (Wildman–Crippen LogP) is 5.23. The molecule has 7 nitrogen and oxygen atoms in total. The summed E-state index contributed by atoms with van der Waals surface area (Å²) >= 11 is 6.23. The van der Waals surface area contributed by atoms with Gasteiger partial charge in [-0.1, -0.05) is 43.6 Å². The summed E-state index contributed by atoms with van der Waals surface area (Å²) in [5, 5.41) is 3.59. The van der Waals surface area contributed by atoms with Crippen molar-refractivity contribution in [2.45, 2.75) is 18.7 Å². The summed E-state index contributed by atoms with van der Waals surface area (Å²) in [6, 6.07) is 17.2. The number of sulfonamides is 1. The zero-order chi connectivity index (χ0) is 24.3. The lowest BCUT2D eigenvalue weighted by atomic mass is 10.0. The van der Waals surface area contributed by atoms with Crippen LogP contribution in [-0.4, -0.2) is 41.7 Å². The van der Waals surface area contributed by atoms with Gasteiger partial charge in [0.25, 0.3) is 5.91 Å². The molecule has 0 fully saturated rings. The first kappa shape index (κ1) is 23.8. The van der Waals surface area contributed by atoms with Crippen molar-refractivity contribution >= 4 is 44.1 Å². The van der Waals surface area contributed by atoms with E-state index in [0.29, 0.717) is 40.9 Å². The van der Waals surface area contributed by atoms with Crippen LogP contribution in [0.15, 0.2) is 78.0 Å². The van der Waals surface area contributed by atoms with E-state index in [2.05, 4.69) is 15.3 Å². The molecule has 0 unspecified atom stereocenters. The molecule has 4 rings (SSSR count). The highest BCUT2D eigenvalue weighted by Crippen LogP contribution is 2.29. The van der Waals surface area contributed by atoms with Gasteiger partial charge in [-0.25, -0.2) is 13.4 Å². The van der Waals surface area contributed by atoms with Gasteiger partial charge < -0.3 is 5.32 Å². The first-order valence-corrected chi connectivity index (χ1v) is 12.6. The van der Waals surface area contributed by atoms with Crippen LogP contribution in [-0.2, 0) is 10.0 Å². The molecule has 0 spiro atoms. The van der Waals surface area contributed by atoms with Crippen LogP contribution in [0.25, 0.3) is 22.2 Å². The fourth-order valence-corrected chi connectivity index (χ4v) is 5.66. The zero-order valence-electron chi connectivity index (χ0n) is 18.7. The second kappa shape index (κ2) is 9.89. The first-order valence-electron chi connectivity index (χ1n) is 10.8. The number of amides is 1. The Bertz CT molecular complexity index is 1460. The summed E-state index contributed by atoms with van der Waals surface area (Å²) in [5.74, 6) is -0.391. The van der Waals surface area contributed by atoms with E-state index >= 15 is 0 Å². The third-order valence-electron chi connectivity index (χ3n) is 5.43. The fraction of sp³-hybridized carbons (Fsp3) is 0.160. The molecule has 1 amide bonds. The highest BCUT2D eigenvalue weighted by atomic mass is 35.5. The molecule has 4 aromatic rings.